The van der Waals surface area contributed by atoms with Gasteiger partial charge >= 0.3 is 0 Å². The number of carbonyl (C=O) groups excluding carboxylic acids is 1. The highest BCUT2D eigenvalue weighted by molar-refractivity contribution is 5.92. The van der Waals surface area contributed by atoms with E-state index in [0.29, 0.717) is 11.4 Å². The van der Waals surface area contributed by atoms with Crippen molar-refractivity contribution in [2.75, 3.05) is 11.9 Å². The topological polar surface area (TPSA) is 65.3 Å². The lowest BCUT2D eigenvalue weighted by Gasteiger charge is -2.19. The Morgan fingerprint density at radius 3 is 2.41 bits per heavy atom. The molecule has 1 amide bonds. The summed E-state index contributed by atoms with van der Waals surface area (Å²) >= 11 is 0. The number of hydrogen-bond acceptors (Lipinski definition) is 3. The maximum absolute atomic E-state index is 12.9. The lowest BCUT2D eigenvalue weighted by Crippen LogP contribution is -2.25. The van der Waals surface area contributed by atoms with Gasteiger partial charge in [-0.25, -0.2) is 4.68 Å². The molecule has 0 saturated heterocycles. The van der Waals surface area contributed by atoms with Crippen molar-refractivity contribution in [1.82, 2.24) is 9.36 Å². The number of rotatable bonds is 5. The number of nitrogens with zero attached hydrogens (tertiary/aromatic N) is 2. The molecule has 0 atom stereocenters. The Morgan fingerprint density at radius 1 is 1.07 bits per heavy atom. The third kappa shape index (κ3) is 4.42. The summed E-state index contributed by atoms with van der Waals surface area (Å²) in [6.45, 7) is 7.98. The standard InChI is InChI=1S/C23H27N3O3/c1-16-21(22(28)26(25(16)5)18-11-7-6-8-12-18)24-20(27)15-29-19-13-9-10-17(14-19)23(2,3)4/h6-14H,15H2,1-5H3,(H,24,27). The van der Waals surface area contributed by atoms with E-state index in [9.17, 15) is 9.59 Å². The first-order chi connectivity index (χ1) is 13.7. The number of hydrogen-bond donors (Lipinski definition) is 1. The summed E-state index contributed by atoms with van der Waals surface area (Å²) in [5, 5.41) is 2.71. The molecule has 152 valence electrons. The highest BCUT2D eigenvalue weighted by atomic mass is 16.5. The van der Waals surface area contributed by atoms with Gasteiger partial charge in [-0.3, -0.25) is 14.3 Å². The Labute approximate surface area is 170 Å². The van der Waals surface area contributed by atoms with Crippen LogP contribution < -0.4 is 15.6 Å². The van der Waals surface area contributed by atoms with Gasteiger partial charge in [0.15, 0.2) is 6.61 Å². The van der Waals surface area contributed by atoms with Gasteiger partial charge in [-0.15, -0.1) is 0 Å². The second-order valence-electron chi connectivity index (χ2n) is 8.05. The largest absolute Gasteiger partial charge is 0.484 e. The maximum atomic E-state index is 12.9. The van der Waals surface area contributed by atoms with Crippen molar-refractivity contribution in [2.45, 2.75) is 33.1 Å². The first-order valence-electron chi connectivity index (χ1n) is 9.55. The van der Waals surface area contributed by atoms with E-state index < -0.39 is 0 Å². The van der Waals surface area contributed by atoms with Gasteiger partial charge in [-0.2, -0.15) is 0 Å². The predicted molar refractivity (Wildman–Crippen MR) is 115 cm³/mol. The number of anilines is 1. The molecule has 0 fully saturated rings. The van der Waals surface area contributed by atoms with Crippen molar-refractivity contribution in [3.8, 4) is 11.4 Å². The van der Waals surface area contributed by atoms with Gasteiger partial charge in [-0.1, -0.05) is 51.1 Å². The van der Waals surface area contributed by atoms with Crippen LogP contribution in [-0.2, 0) is 17.3 Å². The Kier molecular flexibility index (Phi) is 5.64. The summed E-state index contributed by atoms with van der Waals surface area (Å²) in [6.07, 6.45) is 0. The van der Waals surface area contributed by atoms with Crippen molar-refractivity contribution in [2.24, 2.45) is 7.05 Å². The van der Waals surface area contributed by atoms with Crippen molar-refractivity contribution < 1.29 is 9.53 Å². The van der Waals surface area contributed by atoms with Crippen LogP contribution >= 0.6 is 0 Å². The molecule has 0 unspecified atom stereocenters. The number of aromatic nitrogens is 2. The summed E-state index contributed by atoms with van der Waals surface area (Å²) in [7, 11) is 1.79. The lowest BCUT2D eigenvalue weighted by molar-refractivity contribution is -0.118. The zero-order chi connectivity index (χ0) is 21.2. The molecule has 6 heteroatoms. The van der Waals surface area contributed by atoms with E-state index in [-0.39, 0.29) is 29.2 Å². The number of amides is 1. The Morgan fingerprint density at radius 2 is 1.76 bits per heavy atom. The first-order valence-corrected chi connectivity index (χ1v) is 9.55. The SMILES string of the molecule is Cc1c(NC(=O)COc2cccc(C(C)(C)C)c2)c(=O)n(-c2ccccc2)n1C. The predicted octanol–water partition coefficient (Wildman–Crippen LogP) is 3.80. The Balaban J connectivity index is 1.75. The van der Waals surface area contributed by atoms with Crippen LogP contribution in [0.3, 0.4) is 0 Å². The summed E-state index contributed by atoms with van der Waals surface area (Å²) in [6, 6.07) is 17.0. The second-order valence-corrected chi connectivity index (χ2v) is 8.05. The fourth-order valence-electron chi connectivity index (χ4n) is 3.09. The molecule has 0 spiro atoms. The molecule has 3 aromatic rings. The molecule has 0 aliphatic heterocycles. The molecule has 3 rings (SSSR count). The summed E-state index contributed by atoms with van der Waals surface area (Å²) in [5.74, 6) is 0.247. The van der Waals surface area contributed by atoms with E-state index in [1.54, 1.807) is 18.7 Å². The summed E-state index contributed by atoms with van der Waals surface area (Å²) in [5.41, 5.74) is 2.50. The van der Waals surface area contributed by atoms with E-state index in [1.807, 2.05) is 54.6 Å². The van der Waals surface area contributed by atoms with Crippen LogP contribution in [0.4, 0.5) is 5.69 Å². The van der Waals surface area contributed by atoms with Crippen LogP contribution in [0.2, 0.25) is 0 Å². The van der Waals surface area contributed by atoms with Crippen LogP contribution in [0.25, 0.3) is 5.69 Å². The van der Waals surface area contributed by atoms with Gasteiger partial charge in [-0.05, 0) is 42.2 Å². The van der Waals surface area contributed by atoms with Crippen LogP contribution in [0.1, 0.15) is 32.0 Å². The molecule has 1 N–H and O–H groups in total. The molecular formula is C23H27N3O3. The minimum Gasteiger partial charge on any atom is -0.484 e. The zero-order valence-electron chi connectivity index (χ0n) is 17.5. The highest BCUT2D eigenvalue weighted by Gasteiger charge is 2.19. The van der Waals surface area contributed by atoms with Gasteiger partial charge in [0.2, 0.25) is 0 Å². The maximum Gasteiger partial charge on any atom is 0.295 e. The number of carbonyl (C=O) groups is 1. The normalized spacial score (nSPS) is 11.3. The number of para-hydroxylation sites is 1. The van der Waals surface area contributed by atoms with E-state index in [0.717, 1.165) is 11.3 Å². The van der Waals surface area contributed by atoms with Crippen LogP contribution in [0, 0.1) is 6.92 Å². The van der Waals surface area contributed by atoms with Crippen molar-refractivity contribution in [3.63, 3.8) is 0 Å². The van der Waals surface area contributed by atoms with Crippen molar-refractivity contribution in [3.05, 3.63) is 76.2 Å². The van der Waals surface area contributed by atoms with Gasteiger partial charge in [0.1, 0.15) is 11.4 Å². The molecule has 6 nitrogen and oxygen atoms in total. The average molecular weight is 393 g/mol. The summed E-state index contributed by atoms with van der Waals surface area (Å²) < 4.78 is 8.90. The van der Waals surface area contributed by atoms with E-state index >= 15 is 0 Å². The van der Waals surface area contributed by atoms with Crippen LogP contribution in [0.15, 0.2) is 59.4 Å². The number of benzene rings is 2. The van der Waals surface area contributed by atoms with Crippen molar-refractivity contribution >= 4 is 11.6 Å². The molecule has 0 bridgehead atoms. The van der Waals surface area contributed by atoms with Crippen molar-refractivity contribution in [1.29, 1.82) is 0 Å². The molecule has 0 saturated carbocycles. The van der Waals surface area contributed by atoms with Gasteiger partial charge < -0.3 is 10.1 Å². The van der Waals surface area contributed by atoms with Gasteiger partial charge in [0.05, 0.1) is 11.4 Å². The van der Waals surface area contributed by atoms with E-state index in [4.69, 9.17) is 4.74 Å². The number of ether oxygens (including phenoxy) is 1. The third-order valence-corrected chi connectivity index (χ3v) is 4.89. The summed E-state index contributed by atoms with van der Waals surface area (Å²) in [4.78, 5) is 25.3. The van der Waals surface area contributed by atoms with Crippen LogP contribution in [0.5, 0.6) is 5.75 Å². The quantitative estimate of drug-likeness (QED) is 0.717. The molecule has 1 heterocycles. The first kappa shape index (κ1) is 20.5. The van der Waals surface area contributed by atoms with Gasteiger partial charge in [0, 0.05) is 7.05 Å². The second kappa shape index (κ2) is 7.99. The minimum absolute atomic E-state index is 0.00863. The molecule has 2 aromatic carbocycles. The van der Waals surface area contributed by atoms with E-state index in [2.05, 4.69) is 26.1 Å². The van der Waals surface area contributed by atoms with Crippen LogP contribution in [-0.4, -0.2) is 21.9 Å². The third-order valence-electron chi connectivity index (χ3n) is 4.89. The Hall–Kier alpha value is -3.28. The number of nitrogens with one attached hydrogen (secondary N) is 1. The fourth-order valence-corrected chi connectivity index (χ4v) is 3.09. The molecule has 29 heavy (non-hydrogen) atoms. The molecule has 0 aliphatic carbocycles. The zero-order valence-corrected chi connectivity index (χ0v) is 17.5. The molecular weight excluding hydrogens is 366 g/mol. The average Bonchev–Trinajstić information content (AvgIpc) is 2.90. The fraction of sp³-hybridized carbons (Fsp3) is 0.304. The molecule has 0 aliphatic rings. The van der Waals surface area contributed by atoms with E-state index in [1.165, 1.54) is 4.68 Å². The van der Waals surface area contributed by atoms with Gasteiger partial charge in [0.25, 0.3) is 11.5 Å². The Bertz CT molecular complexity index is 1070. The smallest absolute Gasteiger partial charge is 0.295 e. The monoisotopic (exact) mass is 393 g/mol. The lowest BCUT2D eigenvalue weighted by atomic mass is 9.87. The molecule has 1 aromatic heterocycles. The highest BCUT2D eigenvalue weighted by Crippen LogP contribution is 2.25. The molecule has 0 radical (unpaired) electrons. The minimum atomic E-state index is -0.378.